The first-order valence-electron chi connectivity index (χ1n) is 12.2. The number of ether oxygens (including phenoxy) is 2. The molecule has 210 valence electrons. The summed E-state index contributed by atoms with van der Waals surface area (Å²) in [5.41, 5.74) is 2.14. The second kappa shape index (κ2) is 11.8. The molecule has 0 aliphatic carbocycles. The molecule has 11 heteroatoms. The predicted octanol–water partition coefficient (Wildman–Crippen LogP) is 8.07. The number of aliphatic carboxylic acids is 1. The molecule has 40 heavy (non-hydrogen) atoms. The molecule has 0 fully saturated rings. The van der Waals surface area contributed by atoms with Crippen molar-refractivity contribution in [1.82, 2.24) is 4.57 Å². The highest BCUT2D eigenvalue weighted by Crippen LogP contribution is 2.35. The van der Waals surface area contributed by atoms with Gasteiger partial charge < -0.3 is 19.1 Å². The van der Waals surface area contributed by atoms with Gasteiger partial charge in [-0.15, -0.1) is 13.2 Å². The summed E-state index contributed by atoms with van der Waals surface area (Å²) in [5.74, 6) is -1.73. The molecule has 0 aliphatic rings. The van der Waals surface area contributed by atoms with Crippen LogP contribution in [0.5, 0.6) is 11.5 Å². The number of hydrogen-bond acceptors (Lipinski definition) is 4. The first kappa shape index (κ1) is 29.3. The highest BCUT2D eigenvalue weighted by Gasteiger charge is 2.32. The number of halogens is 5. The van der Waals surface area contributed by atoms with Gasteiger partial charge in [-0.2, -0.15) is 0 Å². The molecule has 6 nitrogen and oxygen atoms in total. The van der Waals surface area contributed by atoms with E-state index in [0.717, 1.165) is 6.07 Å². The van der Waals surface area contributed by atoms with Crippen molar-refractivity contribution >= 4 is 45.9 Å². The zero-order valence-electron chi connectivity index (χ0n) is 21.4. The van der Waals surface area contributed by atoms with Crippen molar-refractivity contribution < 1.29 is 37.3 Å². The summed E-state index contributed by atoms with van der Waals surface area (Å²) in [7, 11) is 0. The van der Waals surface area contributed by atoms with Crippen LogP contribution in [0, 0.1) is 6.92 Å². The summed E-state index contributed by atoms with van der Waals surface area (Å²) >= 11 is 12.2. The summed E-state index contributed by atoms with van der Waals surface area (Å²) < 4.78 is 50.5. The lowest BCUT2D eigenvalue weighted by molar-refractivity contribution is -0.274. The summed E-state index contributed by atoms with van der Waals surface area (Å²) in [5, 5.41) is 10.6. The van der Waals surface area contributed by atoms with E-state index in [9.17, 15) is 27.9 Å². The summed E-state index contributed by atoms with van der Waals surface area (Å²) in [6, 6.07) is 14.9. The van der Waals surface area contributed by atoms with Gasteiger partial charge in [0.25, 0.3) is 0 Å². The van der Waals surface area contributed by atoms with Crippen LogP contribution < -0.4 is 9.47 Å². The number of carbonyl (C=O) groups is 2. The number of aromatic nitrogens is 1. The number of hydrogen-bond donors (Lipinski definition) is 1. The molecule has 4 rings (SSSR count). The Morgan fingerprint density at radius 2 is 1.73 bits per heavy atom. The number of carboxylic acid groups (broad SMARTS) is 1. The van der Waals surface area contributed by atoms with Crippen molar-refractivity contribution in [3.05, 3.63) is 93.1 Å². The lowest BCUT2D eigenvalue weighted by Gasteiger charge is -2.17. The van der Waals surface area contributed by atoms with E-state index in [-0.39, 0.29) is 29.5 Å². The Balaban J connectivity index is 1.81. The van der Waals surface area contributed by atoms with Crippen molar-refractivity contribution in [2.45, 2.75) is 45.7 Å². The van der Waals surface area contributed by atoms with Gasteiger partial charge in [0.05, 0.1) is 16.1 Å². The predicted molar refractivity (Wildman–Crippen MR) is 146 cm³/mol. The lowest BCUT2D eigenvalue weighted by Crippen LogP contribution is -2.26. The molecule has 0 bridgehead atoms. The quantitative estimate of drug-likeness (QED) is 0.188. The number of benzene rings is 3. The average Bonchev–Trinajstić information content (AvgIpc) is 3.15. The molecule has 1 heterocycles. The number of fused-ring (bicyclic) bond motifs is 1. The van der Waals surface area contributed by atoms with Crippen LogP contribution in [0.25, 0.3) is 10.9 Å². The van der Waals surface area contributed by atoms with Gasteiger partial charge in [0.1, 0.15) is 11.5 Å². The third kappa shape index (κ3) is 6.54. The number of carbonyl (C=O) groups excluding carboxylic acids is 1. The average molecular weight is 594 g/mol. The molecule has 0 amide bonds. The van der Waals surface area contributed by atoms with Crippen LogP contribution in [0.1, 0.15) is 46.9 Å². The summed E-state index contributed by atoms with van der Waals surface area (Å²) in [6.07, 6.45) is -5.15. The van der Waals surface area contributed by atoms with Gasteiger partial charge in [-0.1, -0.05) is 42.6 Å². The van der Waals surface area contributed by atoms with Crippen LogP contribution in [0.15, 0.2) is 60.7 Å². The molecule has 1 aromatic heterocycles. The van der Waals surface area contributed by atoms with Crippen LogP contribution in [0.3, 0.4) is 0 Å². The van der Waals surface area contributed by atoms with Crippen LogP contribution in [-0.4, -0.2) is 33.9 Å². The number of nitrogens with zero attached hydrogens (tertiary/aromatic N) is 1. The van der Waals surface area contributed by atoms with Crippen LogP contribution in [-0.2, 0) is 11.3 Å². The Morgan fingerprint density at radius 1 is 1.02 bits per heavy atom. The SMILES string of the molecule is CCCC(Oc1cc(Cn2c(C)c(C(=O)c3ccc(Cl)cc3)c3ccc(OC(F)(F)F)cc32)ccc1Cl)C(=O)O. The Hall–Kier alpha value is -3.69. The number of rotatable bonds is 10. The van der Waals surface area contributed by atoms with Gasteiger partial charge in [-0.05, 0) is 67.4 Å². The Labute approximate surface area is 237 Å². The molecule has 3 aromatic carbocycles. The van der Waals surface area contributed by atoms with Gasteiger partial charge in [0, 0.05) is 34.3 Å². The molecular formula is C29H24Cl2F3NO5. The van der Waals surface area contributed by atoms with E-state index in [1.54, 1.807) is 54.0 Å². The zero-order valence-corrected chi connectivity index (χ0v) is 22.9. The third-order valence-electron chi connectivity index (χ3n) is 6.29. The maximum absolute atomic E-state index is 13.6. The van der Waals surface area contributed by atoms with Gasteiger partial charge in [0.2, 0.25) is 0 Å². The van der Waals surface area contributed by atoms with Gasteiger partial charge >= 0.3 is 12.3 Å². The van der Waals surface area contributed by atoms with Crippen LogP contribution >= 0.6 is 23.2 Å². The van der Waals surface area contributed by atoms with Crippen molar-refractivity contribution in [2.24, 2.45) is 0 Å². The first-order valence-corrected chi connectivity index (χ1v) is 13.0. The number of carboxylic acids is 1. The van der Waals surface area contributed by atoms with E-state index >= 15 is 0 Å². The van der Waals surface area contributed by atoms with Crippen molar-refractivity contribution in [1.29, 1.82) is 0 Å². The molecule has 1 unspecified atom stereocenters. The minimum absolute atomic E-state index is 0.116. The maximum atomic E-state index is 13.6. The highest BCUT2D eigenvalue weighted by atomic mass is 35.5. The number of ketones is 1. The van der Waals surface area contributed by atoms with E-state index < -0.39 is 24.2 Å². The van der Waals surface area contributed by atoms with Gasteiger partial charge in [0.15, 0.2) is 11.9 Å². The molecule has 1 N–H and O–H groups in total. The fourth-order valence-corrected chi connectivity index (χ4v) is 4.75. The first-order chi connectivity index (χ1) is 18.9. The van der Waals surface area contributed by atoms with E-state index in [2.05, 4.69) is 4.74 Å². The molecule has 0 saturated heterocycles. The fourth-order valence-electron chi connectivity index (χ4n) is 4.46. The Bertz CT molecular complexity index is 1560. The Morgan fingerprint density at radius 3 is 2.35 bits per heavy atom. The molecule has 4 aromatic rings. The van der Waals surface area contributed by atoms with Crippen molar-refractivity contribution in [2.75, 3.05) is 0 Å². The smallest absolute Gasteiger partial charge is 0.479 e. The van der Waals surface area contributed by atoms with Crippen LogP contribution in [0.4, 0.5) is 13.2 Å². The largest absolute Gasteiger partial charge is 0.573 e. The second-order valence-electron chi connectivity index (χ2n) is 9.11. The molecular weight excluding hydrogens is 570 g/mol. The standard InChI is InChI=1S/C29H24Cl2F3NO5/c1-3-4-24(28(37)38)39-25-13-17(5-12-22(25)31)15-35-16(2)26(27(36)18-6-8-19(30)9-7-18)21-11-10-20(14-23(21)35)40-29(32,33)34/h5-14,24H,3-4,15H2,1-2H3,(H,37,38). The maximum Gasteiger partial charge on any atom is 0.573 e. The van der Waals surface area contributed by atoms with E-state index in [0.29, 0.717) is 44.7 Å². The fraction of sp³-hybridized carbons (Fsp3) is 0.241. The molecule has 0 aliphatic heterocycles. The van der Waals surface area contributed by atoms with Gasteiger partial charge in [-0.3, -0.25) is 4.79 Å². The van der Waals surface area contributed by atoms with Gasteiger partial charge in [-0.25, -0.2) is 4.79 Å². The highest BCUT2D eigenvalue weighted by molar-refractivity contribution is 6.32. The van der Waals surface area contributed by atoms with E-state index in [1.807, 2.05) is 6.92 Å². The summed E-state index contributed by atoms with van der Waals surface area (Å²) in [6.45, 7) is 3.64. The summed E-state index contributed by atoms with van der Waals surface area (Å²) in [4.78, 5) is 25.2. The molecule has 0 spiro atoms. The number of alkyl halides is 3. The molecule has 0 saturated carbocycles. The lowest BCUT2D eigenvalue weighted by atomic mass is 10.0. The van der Waals surface area contributed by atoms with Crippen LogP contribution in [0.2, 0.25) is 10.0 Å². The molecule has 0 radical (unpaired) electrons. The minimum Gasteiger partial charge on any atom is -0.479 e. The van der Waals surface area contributed by atoms with E-state index in [4.69, 9.17) is 27.9 Å². The second-order valence-corrected chi connectivity index (χ2v) is 9.95. The minimum atomic E-state index is -4.90. The van der Waals surface area contributed by atoms with Crippen molar-refractivity contribution in [3.8, 4) is 11.5 Å². The Kier molecular flexibility index (Phi) is 8.65. The third-order valence-corrected chi connectivity index (χ3v) is 6.86. The molecule has 1 atom stereocenters. The zero-order chi connectivity index (χ0) is 29.2. The van der Waals surface area contributed by atoms with Crippen molar-refractivity contribution in [3.63, 3.8) is 0 Å². The topological polar surface area (TPSA) is 77.8 Å². The van der Waals surface area contributed by atoms with E-state index in [1.165, 1.54) is 12.1 Å². The monoisotopic (exact) mass is 593 g/mol. The normalized spacial score (nSPS) is 12.4.